The van der Waals surface area contributed by atoms with E-state index in [2.05, 4.69) is 204 Å². The minimum atomic E-state index is 0.652. The Morgan fingerprint density at radius 2 is 0.814 bits per heavy atom. The van der Waals surface area contributed by atoms with Crippen molar-refractivity contribution >= 4 is 81.4 Å². The number of hydrogen-bond acceptors (Lipinski definition) is 0. The maximum Gasteiger partial charge on any atom is 0.187 e. The predicted molar refractivity (Wildman–Crippen MR) is 251 cm³/mol. The first-order chi connectivity index (χ1) is 29.2. The van der Waals surface area contributed by atoms with Crippen LogP contribution < -0.4 is 0 Å². The van der Waals surface area contributed by atoms with Gasteiger partial charge in [-0.05, 0) is 130 Å². The predicted octanol–water partition coefficient (Wildman–Crippen LogP) is 16.1. The van der Waals surface area contributed by atoms with Crippen molar-refractivity contribution in [1.82, 2.24) is 4.57 Å². The van der Waals surface area contributed by atoms with Crippen LogP contribution in [0.25, 0.3) is 120 Å². The first kappa shape index (κ1) is 33.2. The van der Waals surface area contributed by atoms with Crippen molar-refractivity contribution in [2.45, 2.75) is 0 Å². The zero-order chi connectivity index (χ0) is 39.0. The first-order valence-corrected chi connectivity index (χ1v) is 20.1. The Hall–Kier alpha value is -7.99. The Morgan fingerprint density at radius 1 is 0.305 bits per heavy atom. The molecule has 1 heterocycles. The summed E-state index contributed by atoms with van der Waals surface area (Å²) in [6.45, 7) is 7.41. The molecule has 0 spiro atoms. The van der Waals surface area contributed by atoms with Crippen molar-refractivity contribution in [3.8, 4) is 39.1 Å². The lowest BCUT2D eigenvalue weighted by Crippen LogP contribution is -1.93. The molecule has 1 aromatic heterocycles. The van der Waals surface area contributed by atoms with Crippen molar-refractivity contribution in [3.63, 3.8) is 0 Å². The van der Waals surface area contributed by atoms with Gasteiger partial charge in [-0.1, -0.05) is 164 Å². The molecule has 0 aliphatic carbocycles. The molecule has 12 aromatic rings. The minimum Gasteiger partial charge on any atom is -0.309 e. The van der Waals surface area contributed by atoms with Gasteiger partial charge in [0, 0.05) is 16.5 Å². The summed E-state index contributed by atoms with van der Waals surface area (Å²) in [6.07, 6.45) is 0. The molecule has 0 fully saturated rings. The van der Waals surface area contributed by atoms with E-state index in [1.807, 2.05) is 12.1 Å². The van der Waals surface area contributed by atoms with Crippen molar-refractivity contribution in [2.75, 3.05) is 0 Å². The number of rotatable bonds is 4. The monoisotopic (exact) mass is 746 g/mol. The van der Waals surface area contributed by atoms with Crippen LogP contribution in [0.2, 0.25) is 0 Å². The van der Waals surface area contributed by atoms with E-state index >= 15 is 0 Å². The molecule has 0 amide bonds. The van der Waals surface area contributed by atoms with Gasteiger partial charge >= 0.3 is 0 Å². The summed E-state index contributed by atoms with van der Waals surface area (Å²) in [7, 11) is 0. The van der Waals surface area contributed by atoms with Crippen LogP contribution in [0.4, 0.5) is 5.69 Å². The highest BCUT2D eigenvalue weighted by molar-refractivity contribution is 6.29. The third-order valence-electron chi connectivity index (χ3n) is 12.4. The summed E-state index contributed by atoms with van der Waals surface area (Å²) in [5.74, 6) is 0. The summed E-state index contributed by atoms with van der Waals surface area (Å²) in [5.41, 5.74) is 11.3. The van der Waals surface area contributed by atoms with E-state index in [-0.39, 0.29) is 0 Å². The molecule has 12 rings (SSSR count). The fourth-order valence-corrected chi connectivity index (χ4v) is 9.65. The molecule has 0 N–H and O–H groups in total. The Bertz CT molecular complexity index is 3710. The fraction of sp³-hybridized carbons (Fsp3) is 0. The average Bonchev–Trinajstić information content (AvgIpc) is 3.63. The summed E-state index contributed by atoms with van der Waals surface area (Å²) >= 11 is 0. The van der Waals surface area contributed by atoms with Gasteiger partial charge in [0.15, 0.2) is 5.69 Å². The highest BCUT2D eigenvalue weighted by Crippen LogP contribution is 2.44. The van der Waals surface area contributed by atoms with Crippen LogP contribution in [0, 0.1) is 6.57 Å². The Morgan fingerprint density at radius 3 is 1.54 bits per heavy atom. The van der Waals surface area contributed by atoms with E-state index in [1.165, 1.54) is 103 Å². The van der Waals surface area contributed by atoms with Crippen molar-refractivity contribution in [3.05, 3.63) is 218 Å². The molecule has 0 unspecified atom stereocenters. The second-order valence-corrected chi connectivity index (χ2v) is 15.5. The van der Waals surface area contributed by atoms with Gasteiger partial charge in [-0.15, -0.1) is 0 Å². The first-order valence-electron chi connectivity index (χ1n) is 20.1. The largest absolute Gasteiger partial charge is 0.309 e. The Labute approximate surface area is 341 Å². The van der Waals surface area contributed by atoms with Crippen molar-refractivity contribution in [1.29, 1.82) is 0 Å². The average molecular weight is 747 g/mol. The molecule has 0 saturated carbocycles. The van der Waals surface area contributed by atoms with Crippen LogP contribution in [-0.4, -0.2) is 4.57 Å². The number of para-hydroxylation sites is 1. The molecular formula is C57H34N2. The molecule has 59 heavy (non-hydrogen) atoms. The van der Waals surface area contributed by atoms with Gasteiger partial charge < -0.3 is 4.57 Å². The van der Waals surface area contributed by atoms with E-state index in [4.69, 9.17) is 6.57 Å². The molecule has 2 heteroatoms. The second-order valence-electron chi connectivity index (χ2n) is 15.5. The lowest BCUT2D eigenvalue weighted by atomic mass is 9.89. The number of nitrogens with zero attached hydrogens (tertiary/aromatic N) is 2. The van der Waals surface area contributed by atoms with Crippen LogP contribution in [-0.2, 0) is 0 Å². The molecule has 11 aromatic carbocycles. The van der Waals surface area contributed by atoms with E-state index in [1.54, 1.807) is 0 Å². The SMILES string of the molecule is [C-]#[N+]c1ccc(-c2ccc(-c3ccc4c(c3)c3ccccc3c3cc5c6cc(-c7cccc8ccccc78)ccc6n(-c6ccccc6)c5cc43)c3ccccc23)cc1. The molecule has 0 aliphatic heterocycles. The van der Waals surface area contributed by atoms with Gasteiger partial charge in [-0.25, -0.2) is 4.85 Å². The highest BCUT2D eigenvalue weighted by Gasteiger charge is 2.19. The maximum atomic E-state index is 7.41. The second kappa shape index (κ2) is 13.0. The molecule has 2 nitrogen and oxygen atoms in total. The van der Waals surface area contributed by atoms with E-state index in [0.29, 0.717) is 5.69 Å². The normalized spacial score (nSPS) is 11.7. The number of aromatic nitrogens is 1. The van der Waals surface area contributed by atoms with Crippen LogP contribution in [0.15, 0.2) is 206 Å². The fourth-order valence-electron chi connectivity index (χ4n) is 9.65. The van der Waals surface area contributed by atoms with E-state index in [9.17, 15) is 0 Å². The van der Waals surface area contributed by atoms with Crippen LogP contribution >= 0.6 is 0 Å². The molecular weight excluding hydrogens is 713 g/mol. The molecule has 0 aliphatic rings. The summed E-state index contributed by atoms with van der Waals surface area (Å²) < 4.78 is 2.44. The topological polar surface area (TPSA) is 9.29 Å². The standard InChI is InChI=1S/C57H34N2/c1-58-40-26-22-37(23-27-40)44-29-30-45(47-18-8-7-17-46(44)47)38-24-28-50-51(32-38)48-19-9-10-20-49(48)52-34-55-54-33-39(43-21-11-13-36-12-5-6-16-42(36)43)25-31-56(54)59(57(55)35-53(50)52)41-14-3-2-4-15-41/h2-35H. The number of benzene rings is 11. The van der Waals surface area contributed by atoms with Gasteiger partial charge in [0.1, 0.15) is 0 Å². The van der Waals surface area contributed by atoms with Gasteiger partial charge in [0.05, 0.1) is 17.6 Å². The van der Waals surface area contributed by atoms with Crippen LogP contribution in [0.5, 0.6) is 0 Å². The van der Waals surface area contributed by atoms with E-state index < -0.39 is 0 Å². The van der Waals surface area contributed by atoms with Crippen LogP contribution in [0.3, 0.4) is 0 Å². The molecule has 0 bridgehead atoms. The Kier molecular flexibility index (Phi) is 7.33. The lowest BCUT2D eigenvalue weighted by molar-refractivity contribution is 1.18. The Balaban J connectivity index is 1.11. The third-order valence-corrected chi connectivity index (χ3v) is 12.4. The molecule has 0 atom stereocenters. The van der Waals surface area contributed by atoms with Gasteiger partial charge in [-0.2, -0.15) is 0 Å². The summed E-state index contributed by atoms with van der Waals surface area (Å²) in [4.78, 5) is 3.60. The van der Waals surface area contributed by atoms with E-state index in [0.717, 1.165) is 11.3 Å². The lowest BCUT2D eigenvalue weighted by Gasteiger charge is -2.15. The summed E-state index contributed by atoms with van der Waals surface area (Å²) in [5, 5.41) is 14.9. The van der Waals surface area contributed by atoms with Crippen LogP contribution in [0.1, 0.15) is 0 Å². The number of hydrogen-bond donors (Lipinski definition) is 0. The molecule has 0 saturated heterocycles. The van der Waals surface area contributed by atoms with Gasteiger partial charge in [-0.3, -0.25) is 0 Å². The van der Waals surface area contributed by atoms with Gasteiger partial charge in [0.2, 0.25) is 0 Å². The number of fused-ring (bicyclic) bond motifs is 11. The molecule has 272 valence electrons. The molecule has 0 radical (unpaired) electrons. The minimum absolute atomic E-state index is 0.652. The third kappa shape index (κ3) is 5.12. The maximum absolute atomic E-state index is 7.41. The van der Waals surface area contributed by atoms with Crippen molar-refractivity contribution in [2.24, 2.45) is 0 Å². The zero-order valence-electron chi connectivity index (χ0n) is 32.0. The smallest absolute Gasteiger partial charge is 0.187 e. The van der Waals surface area contributed by atoms with Gasteiger partial charge in [0.25, 0.3) is 0 Å². The quantitative estimate of drug-likeness (QED) is 0.125. The summed E-state index contributed by atoms with van der Waals surface area (Å²) in [6, 6.07) is 75.0. The zero-order valence-corrected chi connectivity index (χ0v) is 32.0. The highest BCUT2D eigenvalue weighted by atomic mass is 15.0. The van der Waals surface area contributed by atoms with Crippen molar-refractivity contribution < 1.29 is 0 Å².